The van der Waals surface area contributed by atoms with Crippen LogP contribution in [0.15, 0.2) is 35.6 Å². The quantitative estimate of drug-likeness (QED) is 0.838. The maximum absolute atomic E-state index is 12.6. The van der Waals surface area contributed by atoms with E-state index in [0.717, 1.165) is 5.69 Å². The summed E-state index contributed by atoms with van der Waals surface area (Å²) in [5.41, 5.74) is 0.801. The molecule has 1 fully saturated rings. The lowest BCUT2D eigenvalue weighted by atomic mass is 10.3. The molecule has 7 nitrogen and oxygen atoms in total. The van der Waals surface area contributed by atoms with Crippen LogP contribution in [0.2, 0.25) is 0 Å². The first-order valence-corrected chi connectivity index (χ1v) is 8.49. The average molecular weight is 322 g/mol. The third kappa shape index (κ3) is 2.71. The van der Waals surface area contributed by atoms with Crippen LogP contribution >= 0.6 is 0 Å². The Balaban J connectivity index is 1.73. The number of hydrogen-bond acceptors (Lipinski definition) is 5. The van der Waals surface area contributed by atoms with E-state index in [2.05, 4.69) is 10.1 Å². The molecule has 0 N–H and O–H groups in total. The molecule has 0 saturated carbocycles. The van der Waals surface area contributed by atoms with Crippen LogP contribution in [0.5, 0.6) is 5.75 Å². The van der Waals surface area contributed by atoms with Crippen LogP contribution in [0.3, 0.4) is 0 Å². The van der Waals surface area contributed by atoms with E-state index in [0.29, 0.717) is 25.3 Å². The molecule has 0 aliphatic carbocycles. The predicted octanol–water partition coefficient (Wildman–Crippen LogP) is 0.966. The van der Waals surface area contributed by atoms with E-state index in [1.807, 2.05) is 13.0 Å². The summed E-state index contributed by atoms with van der Waals surface area (Å²) in [4.78, 5) is 4.17. The van der Waals surface area contributed by atoms with Crippen molar-refractivity contribution in [2.75, 3.05) is 13.1 Å². The highest BCUT2D eigenvalue weighted by molar-refractivity contribution is 7.89. The van der Waals surface area contributed by atoms with E-state index in [4.69, 9.17) is 4.74 Å². The van der Waals surface area contributed by atoms with E-state index in [-0.39, 0.29) is 11.1 Å². The van der Waals surface area contributed by atoms with Crippen molar-refractivity contribution in [2.45, 2.75) is 24.5 Å². The second-order valence-electron chi connectivity index (χ2n) is 5.27. The molecule has 118 valence electrons. The van der Waals surface area contributed by atoms with Crippen LogP contribution in [0.4, 0.5) is 0 Å². The molecule has 0 bridgehead atoms. The molecule has 0 amide bonds. The fraction of sp³-hybridized carbons (Fsp3) is 0.429. The van der Waals surface area contributed by atoms with Gasteiger partial charge in [-0.05, 0) is 31.5 Å². The van der Waals surface area contributed by atoms with Crippen molar-refractivity contribution < 1.29 is 13.2 Å². The molecule has 0 unspecified atom stereocenters. The summed E-state index contributed by atoms with van der Waals surface area (Å²) in [5, 5.41) is 4.12. The van der Waals surface area contributed by atoms with E-state index < -0.39 is 10.0 Å². The average Bonchev–Trinajstić information content (AvgIpc) is 3.11. The number of sulfonamides is 1. The monoisotopic (exact) mass is 322 g/mol. The number of hydrogen-bond donors (Lipinski definition) is 0. The topological polar surface area (TPSA) is 77.3 Å². The molecule has 3 rings (SSSR count). The molecule has 2 aromatic heterocycles. The summed E-state index contributed by atoms with van der Waals surface area (Å²) in [7, 11) is -1.90. The standard InChI is InChI=1S/C14H18N4O3S/c1-11-13(4-3-7-15-11)21-12-6-9-18(10-12)22(19,20)14-5-8-16-17(14)2/h3-5,7-8,12H,6,9-10H2,1-2H3/t12-/m0/s1. The summed E-state index contributed by atoms with van der Waals surface area (Å²) in [6.07, 6.45) is 3.68. The number of aromatic nitrogens is 3. The van der Waals surface area contributed by atoms with Crippen LogP contribution in [-0.2, 0) is 17.1 Å². The Morgan fingerprint density at radius 1 is 1.32 bits per heavy atom. The first-order valence-electron chi connectivity index (χ1n) is 7.05. The minimum absolute atomic E-state index is 0.161. The van der Waals surface area contributed by atoms with E-state index >= 15 is 0 Å². The maximum atomic E-state index is 12.6. The molecule has 2 aromatic rings. The highest BCUT2D eigenvalue weighted by Crippen LogP contribution is 2.24. The van der Waals surface area contributed by atoms with Crippen molar-refractivity contribution in [1.29, 1.82) is 0 Å². The molecular formula is C14H18N4O3S. The molecule has 1 aliphatic heterocycles. The van der Waals surface area contributed by atoms with Crippen LogP contribution in [0, 0.1) is 6.92 Å². The van der Waals surface area contributed by atoms with Gasteiger partial charge in [-0.1, -0.05) is 0 Å². The summed E-state index contributed by atoms with van der Waals surface area (Å²) in [6, 6.07) is 5.16. The zero-order valence-electron chi connectivity index (χ0n) is 12.5. The van der Waals surface area contributed by atoms with Gasteiger partial charge in [0.15, 0.2) is 5.03 Å². The fourth-order valence-corrected chi connectivity index (χ4v) is 4.12. The van der Waals surface area contributed by atoms with E-state index in [1.54, 1.807) is 19.3 Å². The van der Waals surface area contributed by atoms with Gasteiger partial charge in [0.25, 0.3) is 10.0 Å². The van der Waals surface area contributed by atoms with Crippen molar-refractivity contribution in [3.63, 3.8) is 0 Å². The van der Waals surface area contributed by atoms with Gasteiger partial charge in [-0.25, -0.2) is 8.42 Å². The Morgan fingerprint density at radius 2 is 2.14 bits per heavy atom. The number of nitrogens with zero attached hydrogens (tertiary/aromatic N) is 4. The van der Waals surface area contributed by atoms with Gasteiger partial charge in [-0.3, -0.25) is 9.67 Å². The molecule has 22 heavy (non-hydrogen) atoms. The van der Waals surface area contributed by atoms with Crippen LogP contribution in [0.1, 0.15) is 12.1 Å². The molecule has 1 saturated heterocycles. The predicted molar refractivity (Wildman–Crippen MR) is 80.0 cm³/mol. The van der Waals surface area contributed by atoms with Crippen LogP contribution in [0.25, 0.3) is 0 Å². The largest absolute Gasteiger partial charge is 0.487 e. The Labute approximate surface area is 129 Å². The zero-order valence-corrected chi connectivity index (χ0v) is 13.3. The number of aryl methyl sites for hydroxylation is 2. The SMILES string of the molecule is Cc1ncccc1O[C@H]1CCN(S(=O)(=O)c2ccnn2C)C1. The van der Waals surface area contributed by atoms with Gasteiger partial charge < -0.3 is 4.74 Å². The number of rotatable bonds is 4. The summed E-state index contributed by atoms with van der Waals surface area (Å²) >= 11 is 0. The fourth-order valence-electron chi connectivity index (χ4n) is 2.53. The molecule has 1 aliphatic rings. The molecule has 0 radical (unpaired) electrons. The van der Waals surface area contributed by atoms with Crippen LogP contribution in [-0.4, -0.2) is 46.7 Å². The van der Waals surface area contributed by atoms with Crippen molar-refractivity contribution in [3.8, 4) is 5.75 Å². The maximum Gasteiger partial charge on any atom is 0.260 e. The lowest BCUT2D eigenvalue weighted by Gasteiger charge is -2.17. The molecular weight excluding hydrogens is 304 g/mol. The zero-order chi connectivity index (χ0) is 15.7. The van der Waals surface area contributed by atoms with E-state index in [1.165, 1.54) is 21.3 Å². The number of pyridine rings is 1. The molecule has 1 atom stereocenters. The van der Waals surface area contributed by atoms with Gasteiger partial charge in [0.2, 0.25) is 0 Å². The van der Waals surface area contributed by atoms with Crippen molar-refractivity contribution in [3.05, 3.63) is 36.3 Å². The lowest BCUT2D eigenvalue weighted by Crippen LogP contribution is -2.32. The van der Waals surface area contributed by atoms with Crippen LogP contribution < -0.4 is 4.74 Å². The van der Waals surface area contributed by atoms with Gasteiger partial charge in [-0.2, -0.15) is 9.40 Å². The Hall–Kier alpha value is -1.93. The molecule has 0 spiro atoms. The van der Waals surface area contributed by atoms with Gasteiger partial charge in [0, 0.05) is 19.8 Å². The Kier molecular flexibility index (Phi) is 3.88. The highest BCUT2D eigenvalue weighted by Gasteiger charge is 2.35. The highest BCUT2D eigenvalue weighted by atomic mass is 32.2. The van der Waals surface area contributed by atoms with Crippen molar-refractivity contribution >= 4 is 10.0 Å². The minimum atomic E-state index is -3.52. The minimum Gasteiger partial charge on any atom is -0.487 e. The molecule has 8 heteroatoms. The van der Waals surface area contributed by atoms with Gasteiger partial charge in [0.05, 0.1) is 18.4 Å². The molecule has 0 aromatic carbocycles. The smallest absolute Gasteiger partial charge is 0.260 e. The van der Waals surface area contributed by atoms with Gasteiger partial charge in [0.1, 0.15) is 11.9 Å². The van der Waals surface area contributed by atoms with Crippen molar-refractivity contribution in [1.82, 2.24) is 19.1 Å². The van der Waals surface area contributed by atoms with Crippen molar-refractivity contribution in [2.24, 2.45) is 7.05 Å². The van der Waals surface area contributed by atoms with Gasteiger partial charge >= 0.3 is 0 Å². The second-order valence-corrected chi connectivity index (χ2v) is 7.16. The van der Waals surface area contributed by atoms with Gasteiger partial charge in [-0.15, -0.1) is 0 Å². The third-order valence-corrected chi connectivity index (χ3v) is 5.68. The number of ether oxygens (including phenoxy) is 1. The Morgan fingerprint density at radius 3 is 2.82 bits per heavy atom. The lowest BCUT2D eigenvalue weighted by molar-refractivity contribution is 0.213. The third-order valence-electron chi connectivity index (χ3n) is 3.74. The van der Waals surface area contributed by atoms with E-state index in [9.17, 15) is 8.42 Å². The second kappa shape index (κ2) is 5.69. The molecule has 3 heterocycles. The summed E-state index contributed by atoms with van der Waals surface area (Å²) in [6.45, 7) is 2.65. The first kappa shape index (κ1) is 15.0. The normalized spacial score (nSPS) is 19.5. The Bertz CT molecular complexity index is 772. The summed E-state index contributed by atoms with van der Waals surface area (Å²) in [5.74, 6) is 0.701. The summed E-state index contributed by atoms with van der Waals surface area (Å²) < 4.78 is 33.9. The first-order chi connectivity index (χ1) is 10.5.